The Morgan fingerprint density at radius 1 is 1.25 bits per heavy atom. The molecule has 1 N–H and O–H groups in total. The summed E-state index contributed by atoms with van der Waals surface area (Å²) in [5.74, 6) is -0.404. The highest BCUT2D eigenvalue weighted by atomic mass is 35.5. The number of fused-ring (bicyclic) bond motifs is 1. The van der Waals surface area contributed by atoms with E-state index in [2.05, 4.69) is 40.2 Å². The predicted octanol–water partition coefficient (Wildman–Crippen LogP) is 3.97. The first-order valence-electron chi connectivity index (χ1n) is 10.5. The number of aryl methyl sites for hydroxylation is 1. The lowest BCUT2D eigenvalue weighted by atomic mass is 10.1. The molecule has 4 rings (SSSR count). The van der Waals surface area contributed by atoms with Crippen LogP contribution in [0.1, 0.15) is 22.8 Å². The fourth-order valence-corrected chi connectivity index (χ4v) is 5.07. The van der Waals surface area contributed by atoms with Crippen LogP contribution < -0.4 is 10.2 Å². The fourth-order valence-electron chi connectivity index (χ4n) is 3.80. The third-order valence-electron chi connectivity index (χ3n) is 5.63. The zero-order chi connectivity index (χ0) is 22.7. The Morgan fingerprint density at radius 3 is 2.75 bits per heavy atom. The SMILES string of the molecule is CCc1cccc2sc(N3CCN(CCNC(=O)c4cc([N+](=O)[O-])ccc4Cl)CC3)nc12. The summed E-state index contributed by atoms with van der Waals surface area (Å²) in [6.45, 7) is 6.81. The molecule has 1 aliphatic heterocycles. The summed E-state index contributed by atoms with van der Waals surface area (Å²) in [5.41, 5.74) is 2.35. The van der Waals surface area contributed by atoms with E-state index in [4.69, 9.17) is 16.6 Å². The number of non-ortho nitro benzene ring substituents is 1. The lowest BCUT2D eigenvalue weighted by Gasteiger charge is -2.34. The van der Waals surface area contributed by atoms with E-state index < -0.39 is 10.8 Å². The highest BCUT2D eigenvalue weighted by Crippen LogP contribution is 2.31. The highest BCUT2D eigenvalue weighted by Gasteiger charge is 2.21. The van der Waals surface area contributed by atoms with E-state index in [1.54, 1.807) is 11.3 Å². The molecule has 32 heavy (non-hydrogen) atoms. The summed E-state index contributed by atoms with van der Waals surface area (Å²) >= 11 is 7.78. The number of nitrogens with zero attached hydrogens (tertiary/aromatic N) is 4. The molecule has 2 aromatic carbocycles. The second-order valence-electron chi connectivity index (χ2n) is 7.62. The predicted molar refractivity (Wildman–Crippen MR) is 128 cm³/mol. The number of piperazine rings is 1. The molecule has 3 aromatic rings. The molecule has 1 saturated heterocycles. The van der Waals surface area contributed by atoms with Gasteiger partial charge in [-0.05, 0) is 24.1 Å². The zero-order valence-corrected chi connectivity index (χ0v) is 19.3. The number of carbonyl (C=O) groups excluding carboxylic acids is 1. The van der Waals surface area contributed by atoms with Crippen LogP contribution in [0.15, 0.2) is 36.4 Å². The number of nitrogens with one attached hydrogen (secondary N) is 1. The van der Waals surface area contributed by atoms with Gasteiger partial charge in [-0.15, -0.1) is 0 Å². The van der Waals surface area contributed by atoms with Crippen LogP contribution in [0.3, 0.4) is 0 Å². The van der Waals surface area contributed by atoms with Gasteiger partial charge >= 0.3 is 0 Å². The number of nitro groups is 1. The first-order valence-corrected chi connectivity index (χ1v) is 11.7. The smallest absolute Gasteiger partial charge is 0.270 e. The van der Waals surface area contributed by atoms with Crippen molar-refractivity contribution in [1.29, 1.82) is 0 Å². The lowest BCUT2D eigenvalue weighted by molar-refractivity contribution is -0.384. The Labute approximate surface area is 194 Å². The second kappa shape index (κ2) is 9.81. The van der Waals surface area contributed by atoms with Gasteiger partial charge in [-0.25, -0.2) is 4.98 Å². The summed E-state index contributed by atoms with van der Waals surface area (Å²) in [7, 11) is 0. The van der Waals surface area contributed by atoms with Crippen molar-refractivity contribution in [2.75, 3.05) is 44.2 Å². The number of anilines is 1. The molecule has 0 saturated carbocycles. The summed E-state index contributed by atoms with van der Waals surface area (Å²) in [6.07, 6.45) is 0.974. The van der Waals surface area contributed by atoms with Gasteiger partial charge in [0, 0.05) is 51.4 Å². The lowest BCUT2D eigenvalue weighted by Crippen LogP contribution is -2.48. The molecule has 0 unspecified atom stereocenters. The zero-order valence-electron chi connectivity index (χ0n) is 17.7. The number of rotatable bonds is 7. The molecule has 8 nitrogen and oxygen atoms in total. The van der Waals surface area contributed by atoms with Crippen molar-refractivity contribution in [3.63, 3.8) is 0 Å². The molecule has 2 heterocycles. The van der Waals surface area contributed by atoms with Crippen molar-refractivity contribution >= 4 is 49.9 Å². The monoisotopic (exact) mass is 473 g/mol. The number of benzene rings is 2. The molecular weight excluding hydrogens is 450 g/mol. The number of hydrogen-bond acceptors (Lipinski definition) is 7. The van der Waals surface area contributed by atoms with Crippen LogP contribution >= 0.6 is 22.9 Å². The first-order chi connectivity index (χ1) is 15.5. The van der Waals surface area contributed by atoms with Crippen LogP contribution in [0.4, 0.5) is 10.8 Å². The van der Waals surface area contributed by atoms with E-state index in [1.165, 1.54) is 28.5 Å². The van der Waals surface area contributed by atoms with Crippen molar-refractivity contribution in [2.24, 2.45) is 0 Å². The molecule has 0 bridgehead atoms. The van der Waals surface area contributed by atoms with Crippen LogP contribution in [0.2, 0.25) is 5.02 Å². The highest BCUT2D eigenvalue weighted by molar-refractivity contribution is 7.22. The number of amides is 1. The number of thiazole rings is 1. The van der Waals surface area contributed by atoms with Crippen molar-refractivity contribution in [3.8, 4) is 0 Å². The summed E-state index contributed by atoms with van der Waals surface area (Å²) < 4.78 is 1.23. The molecule has 1 aromatic heterocycles. The van der Waals surface area contributed by atoms with Crippen molar-refractivity contribution in [2.45, 2.75) is 13.3 Å². The van der Waals surface area contributed by atoms with Crippen LogP contribution in [0.5, 0.6) is 0 Å². The molecular formula is C22H24ClN5O3S. The minimum atomic E-state index is -0.541. The Morgan fingerprint density at radius 2 is 2.03 bits per heavy atom. The average Bonchev–Trinajstić information content (AvgIpc) is 3.24. The van der Waals surface area contributed by atoms with Gasteiger partial charge in [-0.1, -0.05) is 42.0 Å². The largest absolute Gasteiger partial charge is 0.351 e. The van der Waals surface area contributed by atoms with Gasteiger partial charge in [0.05, 0.1) is 25.7 Å². The molecule has 0 atom stereocenters. The van der Waals surface area contributed by atoms with Gasteiger partial charge in [0.2, 0.25) is 0 Å². The topological polar surface area (TPSA) is 91.6 Å². The van der Waals surface area contributed by atoms with Gasteiger partial charge in [0.15, 0.2) is 5.13 Å². The number of nitro benzene ring substituents is 1. The van der Waals surface area contributed by atoms with Gasteiger partial charge in [-0.2, -0.15) is 0 Å². The van der Waals surface area contributed by atoms with Gasteiger partial charge in [-0.3, -0.25) is 19.8 Å². The number of hydrogen-bond donors (Lipinski definition) is 1. The second-order valence-corrected chi connectivity index (χ2v) is 9.04. The van der Waals surface area contributed by atoms with E-state index in [1.807, 2.05) is 0 Å². The first kappa shape index (κ1) is 22.4. The quantitative estimate of drug-likeness (QED) is 0.412. The third kappa shape index (κ3) is 4.85. The minimum absolute atomic E-state index is 0.118. The van der Waals surface area contributed by atoms with E-state index >= 15 is 0 Å². The maximum absolute atomic E-state index is 12.4. The van der Waals surface area contributed by atoms with Crippen molar-refractivity contribution in [3.05, 3.63) is 62.7 Å². The summed E-state index contributed by atoms with van der Waals surface area (Å²) in [5, 5.41) is 15.0. The maximum Gasteiger partial charge on any atom is 0.270 e. The van der Waals surface area contributed by atoms with Crippen molar-refractivity contribution < 1.29 is 9.72 Å². The number of carbonyl (C=O) groups is 1. The molecule has 10 heteroatoms. The Bertz CT molecular complexity index is 1140. The maximum atomic E-state index is 12.4. The molecule has 1 amide bonds. The molecule has 1 fully saturated rings. The van der Waals surface area contributed by atoms with E-state index in [9.17, 15) is 14.9 Å². The average molecular weight is 474 g/mol. The van der Waals surface area contributed by atoms with Crippen LogP contribution in [0.25, 0.3) is 10.2 Å². The standard InChI is InChI=1S/C22H24ClN5O3S/c1-2-15-4-3-5-19-20(15)25-22(32-19)27-12-10-26(11-13-27)9-8-24-21(29)17-14-16(28(30)31)6-7-18(17)23/h3-7,14H,2,8-13H2,1H3,(H,24,29). The molecule has 0 spiro atoms. The molecule has 0 aliphatic carbocycles. The van der Waals surface area contributed by atoms with Crippen LogP contribution in [-0.2, 0) is 6.42 Å². The number of para-hydroxylation sites is 1. The summed E-state index contributed by atoms with van der Waals surface area (Å²) in [4.78, 5) is 32.3. The van der Waals surface area contributed by atoms with Gasteiger partial charge in [0.25, 0.3) is 11.6 Å². The summed E-state index contributed by atoms with van der Waals surface area (Å²) in [6, 6.07) is 10.2. The third-order valence-corrected chi connectivity index (χ3v) is 7.04. The van der Waals surface area contributed by atoms with E-state index in [-0.39, 0.29) is 16.3 Å². The Balaban J connectivity index is 1.28. The number of halogens is 1. The fraction of sp³-hybridized carbons (Fsp3) is 0.364. The van der Waals surface area contributed by atoms with E-state index in [0.717, 1.165) is 43.2 Å². The van der Waals surface area contributed by atoms with Crippen LogP contribution in [0, 0.1) is 10.1 Å². The van der Waals surface area contributed by atoms with Crippen LogP contribution in [-0.4, -0.2) is 60.0 Å². The number of aromatic nitrogens is 1. The van der Waals surface area contributed by atoms with Crippen molar-refractivity contribution in [1.82, 2.24) is 15.2 Å². The minimum Gasteiger partial charge on any atom is -0.351 e. The molecule has 0 radical (unpaired) electrons. The molecule has 1 aliphatic rings. The van der Waals surface area contributed by atoms with Gasteiger partial charge < -0.3 is 10.2 Å². The molecule has 168 valence electrons. The van der Waals surface area contributed by atoms with Gasteiger partial charge in [0.1, 0.15) is 0 Å². The normalized spacial score (nSPS) is 14.6. The Kier molecular flexibility index (Phi) is 6.88. The van der Waals surface area contributed by atoms with E-state index in [0.29, 0.717) is 13.1 Å². The Hall–Kier alpha value is -2.75.